The first-order valence-electron chi connectivity index (χ1n) is 9.96. The summed E-state index contributed by atoms with van der Waals surface area (Å²) in [6, 6.07) is 4.21. The number of hydrogen-bond acceptors (Lipinski definition) is 6. The maximum atomic E-state index is 13.4. The van der Waals surface area contributed by atoms with E-state index >= 15 is 0 Å². The molecule has 28 heavy (non-hydrogen) atoms. The van der Waals surface area contributed by atoms with Crippen molar-refractivity contribution >= 4 is 17.7 Å². The second-order valence-electron chi connectivity index (χ2n) is 8.10. The predicted molar refractivity (Wildman–Crippen MR) is 106 cm³/mol. The Hall–Kier alpha value is -1.44. The lowest BCUT2D eigenvalue weighted by Crippen LogP contribution is -2.56. The largest absolute Gasteiger partial charge is 0.493 e. The van der Waals surface area contributed by atoms with E-state index in [4.69, 9.17) is 18.9 Å². The number of methoxy groups -OCH3 is 2. The molecule has 5 rings (SSSR count). The van der Waals surface area contributed by atoms with Gasteiger partial charge in [-0.05, 0) is 42.4 Å². The van der Waals surface area contributed by atoms with E-state index in [1.807, 2.05) is 6.26 Å². The van der Waals surface area contributed by atoms with Gasteiger partial charge in [-0.3, -0.25) is 4.79 Å². The zero-order chi connectivity index (χ0) is 19.5. The third-order valence-electron chi connectivity index (χ3n) is 7.14. The van der Waals surface area contributed by atoms with Gasteiger partial charge in [-0.1, -0.05) is 0 Å². The van der Waals surface area contributed by atoms with Crippen LogP contribution in [0.15, 0.2) is 12.1 Å². The number of amides is 1. The smallest absolute Gasteiger partial charge is 0.236 e. The maximum Gasteiger partial charge on any atom is 0.236 e. The molecule has 2 spiro atoms. The Morgan fingerprint density at radius 3 is 2.54 bits per heavy atom. The average Bonchev–Trinajstić information content (AvgIpc) is 3.27. The molecule has 0 bridgehead atoms. The third kappa shape index (κ3) is 2.33. The van der Waals surface area contributed by atoms with Gasteiger partial charge in [0.1, 0.15) is 0 Å². The summed E-state index contributed by atoms with van der Waals surface area (Å²) in [6.07, 6.45) is 5.30. The molecule has 4 aliphatic rings. The Morgan fingerprint density at radius 1 is 1.14 bits per heavy atom. The lowest BCUT2D eigenvalue weighted by molar-refractivity contribution is -0.204. The molecule has 0 unspecified atom stereocenters. The summed E-state index contributed by atoms with van der Waals surface area (Å²) >= 11 is 1.66. The fourth-order valence-corrected chi connectivity index (χ4v) is 6.94. The Labute approximate surface area is 169 Å². The van der Waals surface area contributed by atoms with Gasteiger partial charge < -0.3 is 23.8 Å². The van der Waals surface area contributed by atoms with Crippen LogP contribution in [0.2, 0.25) is 0 Å². The van der Waals surface area contributed by atoms with Crippen molar-refractivity contribution in [3.05, 3.63) is 23.3 Å². The number of rotatable bonds is 3. The highest BCUT2D eigenvalue weighted by molar-refractivity contribution is 7.99. The molecule has 1 saturated carbocycles. The van der Waals surface area contributed by atoms with Gasteiger partial charge in [-0.25, -0.2) is 0 Å². The minimum atomic E-state index is -0.519. The minimum absolute atomic E-state index is 0.0657. The molecule has 0 radical (unpaired) electrons. The molecule has 3 heterocycles. The predicted octanol–water partition coefficient (Wildman–Crippen LogP) is 2.57. The van der Waals surface area contributed by atoms with Crippen LogP contribution in [-0.2, 0) is 26.2 Å². The molecule has 3 atom stereocenters. The van der Waals surface area contributed by atoms with Crippen molar-refractivity contribution in [2.75, 3.05) is 40.2 Å². The van der Waals surface area contributed by atoms with Gasteiger partial charge in [0.25, 0.3) is 0 Å². The Bertz CT molecular complexity index is 808. The number of carbonyl (C=O) groups excluding carboxylic acids is 1. The number of carbonyl (C=O) groups is 1. The number of hydrogen-bond donors (Lipinski definition) is 0. The molecule has 1 aliphatic carbocycles. The highest BCUT2D eigenvalue weighted by Gasteiger charge is 2.65. The summed E-state index contributed by atoms with van der Waals surface area (Å²) in [7, 11) is 3.34. The van der Waals surface area contributed by atoms with Crippen LogP contribution in [-0.4, -0.2) is 62.1 Å². The van der Waals surface area contributed by atoms with Gasteiger partial charge in [0.2, 0.25) is 5.91 Å². The summed E-state index contributed by atoms with van der Waals surface area (Å²) < 4.78 is 23.3. The lowest BCUT2D eigenvalue weighted by atomic mass is 9.65. The summed E-state index contributed by atoms with van der Waals surface area (Å²) in [5, 5.41) is -0.0657. The van der Waals surface area contributed by atoms with Gasteiger partial charge in [-0.2, -0.15) is 11.8 Å². The minimum Gasteiger partial charge on any atom is -0.493 e. The first kappa shape index (κ1) is 18.6. The Balaban J connectivity index is 1.67. The van der Waals surface area contributed by atoms with Crippen LogP contribution >= 0.6 is 11.8 Å². The number of fused-ring (bicyclic) bond motifs is 1. The van der Waals surface area contributed by atoms with E-state index in [0.717, 1.165) is 43.7 Å². The molecule has 1 aromatic rings. The Kier molecular flexibility index (Phi) is 4.34. The van der Waals surface area contributed by atoms with Crippen molar-refractivity contribution in [2.45, 2.75) is 42.3 Å². The molecule has 152 valence electrons. The van der Waals surface area contributed by atoms with Crippen LogP contribution in [0, 0.1) is 5.92 Å². The van der Waals surface area contributed by atoms with E-state index in [2.05, 4.69) is 17.0 Å². The fourth-order valence-electron chi connectivity index (χ4n) is 5.96. The summed E-state index contributed by atoms with van der Waals surface area (Å²) in [5.74, 6) is 1.37. The van der Waals surface area contributed by atoms with Crippen molar-refractivity contribution < 1.29 is 23.7 Å². The van der Waals surface area contributed by atoms with E-state index in [1.165, 1.54) is 11.1 Å². The third-order valence-corrected chi connectivity index (χ3v) is 8.17. The van der Waals surface area contributed by atoms with Crippen molar-refractivity contribution in [3.63, 3.8) is 0 Å². The van der Waals surface area contributed by atoms with E-state index in [0.29, 0.717) is 13.2 Å². The zero-order valence-electron chi connectivity index (χ0n) is 16.7. The molecule has 0 aromatic heterocycles. The lowest BCUT2D eigenvalue weighted by Gasteiger charge is -2.52. The van der Waals surface area contributed by atoms with Crippen molar-refractivity contribution in [1.29, 1.82) is 0 Å². The van der Waals surface area contributed by atoms with Crippen LogP contribution in [0.1, 0.15) is 30.4 Å². The molecule has 3 aliphatic heterocycles. The summed E-state index contributed by atoms with van der Waals surface area (Å²) in [6.45, 7) is 2.04. The molecule has 6 nitrogen and oxygen atoms in total. The molecular formula is C21H27NO5S. The molecule has 2 saturated heterocycles. The maximum absolute atomic E-state index is 13.4. The summed E-state index contributed by atoms with van der Waals surface area (Å²) in [4.78, 5) is 15.5. The van der Waals surface area contributed by atoms with Crippen LogP contribution in [0.5, 0.6) is 11.5 Å². The molecule has 1 aromatic carbocycles. The van der Waals surface area contributed by atoms with E-state index in [1.54, 1.807) is 26.0 Å². The standard InChI is InChI=1S/C21H27NO5S/c1-24-16-10-13-4-7-22-19(23)18(28-3)15-12-20(26-8-9-27-20)5-6-21(15,22)14(13)11-17(16)25-2/h10-11,15,18H,4-9,12H2,1-3H3/t15-,18-,21+/m0/s1. The molecule has 3 fully saturated rings. The van der Waals surface area contributed by atoms with Crippen molar-refractivity contribution in [2.24, 2.45) is 5.92 Å². The van der Waals surface area contributed by atoms with Gasteiger partial charge in [-0.15, -0.1) is 0 Å². The van der Waals surface area contributed by atoms with E-state index < -0.39 is 5.79 Å². The van der Waals surface area contributed by atoms with Gasteiger partial charge >= 0.3 is 0 Å². The van der Waals surface area contributed by atoms with Crippen LogP contribution in [0.25, 0.3) is 0 Å². The quantitative estimate of drug-likeness (QED) is 0.771. The monoisotopic (exact) mass is 405 g/mol. The zero-order valence-corrected chi connectivity index (χ0v) is 17.5. The highest BCUT2D eigenvalue weighted by atomic mass is 32.2. The number of benzene rings is 1. The number of ether oxygens (including phenoxy) is 4. The van der Waals surface area contributed by atoms with Gasteiger partial charge in [0, 0.05) is 25.3 Å². The van der Waals surface area contributed by atoms with Crippen LogP contribution in [0.4, 0.5) is 0 Å². The fraction of sp³-hybridized carbons (Fsp3) is 0.667. The van der Waals surface area contributed by atoms with Gasteiger partial charge in [0.05, 0.1) is 38.2 Å². The van der Waals surface area contributed by atoms with E-state index in [-0.39, 0.29) is 22.6 Å². The van der Waals surface area contributed by atoms with Crippen LogP contribution < -0.4 is 9.47 Å². The normalized spacial score (nSPS) is 32.8. The van der Waals surface area contributed by atoms with Crippen molar-refractivity contribution in [3.8, 4) is 11.5 Å². The second kappa shape index (κ2) is 6.54. The van der Waals surface area contributed by atoms with E-state index in [9.17, 15) is 4.79 Å². The first-order chi connectivity index (χ1) is 13.6. The SMILES string of the molecule is COc1cc2c(cc1OC)[C@]13CCC4(C[C@H]1[C@H](SC)C(=O)N3CC2)OCCO4. The summed E-state index contributed by atoms with van der Waals surface area (Å²) in [5.41, 5.74) is 2.18. The average molecular weight is 406 g/mol. The Morgan fingerprint density at radius 2 is 1.86 bits per heavy atom. The number of nitrogens with zero attached hydrogens (tertiary/aromatic N) is 1. The van der Waals surface area contributed by atoms with Gasteiger partial charge in [0.15, 0.2) is 17.3 Å². The number of thioether (sulfide) groups is 1. The van der Waals surface area contributed by atoms with Crippen molar-refractivity contribution in [1.82, 2.24) is 4.90 Å². The molecule has 7 heteroatoms. The molecule has 0 N–H and O–H groups in total. The molecule has 1 amide bonds. The highest BCUT2D eigenvalue weighted by Crippen LogP contribution is 2.61. The first-order valence-corrected chi connectivity index (χ1v) is 11.2. The second-order valence-corrected chi connectivity index (χ2v) is 9.08. The molecular weight excluding hydrogens is 378 g/mol. The topological polar surface area (TPSA) is 57.2 Å². The van der Waals surface area contributed by atoms with Crippen LogP contribution in [0.3, 0.4) is 0 Å².